The molecule has 0 aliphatic carbocycles. The number of hydrogen-bond donors (Lipinski definition) is 1. The Bertz CT molecular complexity index is 722. The summed E-state index contributed by atoms with van der Waals surface area (Å²) in [6, 6.07) is 3.86. The third-order valence-corrected chi connectivity index (χ3v) is 4.32. The van der Waals surface area contributed by atoms with E-state index in [9.17, 15) is 4.79 Å². The average Bonchev–Trinajstić information content (AvgIpc) is 2.86. The highest BCUT2D eigenvalue weighted by molar-refractivity contribution is 7.17. The minimum Gasteiger partial charge on any atom is -1.00 e. The van der Waals surface area contributed by atoms with Gasteiger partial charge in [0.15, 0.2) is 6.54 Å². The molecule has 2 heterocycles. The molecule has 0 bridgehead atoms. The first-order valence-electron chi connectivity index (χ1n) is 7.28. The number of likely N-dealkylation sites (N-methyl/N-ethyl adjacent to an activating group) is 1. The lowest BCUT2D eigenvalue weighted by molar-refractivity contribution is -0.862. The number of quaternary nitrogens is 1. The summed E-state index contributed by atoms with van der Waals surface area (Å²) in [5, 5.41) is 5.11. The third kappa shape index (κ3) is 5.67. The fourth-order valence-corrected chi connectivity index (χ4v) is 3.01. The highest BCUT2D eigenvalue weighted by atomic mass is 35.5. The van der Waals surface area contributed by atoms with E-state index in [2.05, 4.69) is 20.5 Å². The topological polar surface area (TPSA) is 67.2 Å². The number of rotatable bonds is 5. The third-order valence-electron chi connectivity index (χ3n) is 3.00. The van der Waals surface area contributed by atoms with Gasteiger partial charge in [0.25, 0.3) is 5.91 Å². The average molecular weight is 368 g/mol. The van der Waals surface area contributed by atoms with E-state index in [0.717, 1.165) is 26.9 Å². The Balaban J connectivity index is 0.00000288. The second kappa shape index (κ2) is 8.32. The van der Waals surface area contributed by atoms with Crippen molar-refractivity contribution in [1.29, 1.82) is 0 Å². The van der Waals surface area contributed by atoms with Gasteiger partial charge in [0, 0.05) is 18.0 Å². The molecule has 1 N–H and O–H groups in total. The first-order valence-corrected chi connectivity index (χ1v) is 8.10. The largest absolute Gasteiger partial charge is 1.00 e. The molecular formula is C16H22ClN5OS. The van der Waals surface area contributed by atoms with Crippen LogP contribution >= 0.6 is 11.3 Å². The molecule has 0 atom stereocenters. The normalized spacial score (nSPS) is 11.8. The first kappa shape index (κ1) is 20.2. The van der Waals surface area contributed by atoms with Crippen molar-refractivity contribution in [3.8, 4) is 10.6 Å². The van der Waals surface area contributed by atoms with E-state index in [1.807, 2.05) is 47.1 Å². The predicted octanol–water partition coefficient (Wildman–Crippen LogP) is -0.936. The number of hydrogen-bond acceptors (Lipinski definition) is 5. The number of halogens is 1. The molecule has 0 unspecified atom stereocenters. The van der Waals surface area contributed by atoms with Gasteiger partial charge in [0.1, 0.15) is 5.01 Å². The molecule has 0 saturated heterocycles. The Hall–Kier alpha value is -1.83. The quantitative estimate of drug-likeness (QED) is 0.421. The monoisotopic (exact) mass is 367 g/mol. The van der Waals surface area contributed by atoms with Gasteiger partial charge in [-0.15, -0.1) is 11.3 Å². The molecule has 1 amide bonds. The van der Waals surface area contributed by atoms with Crippen LogP contribution in [0.15, 0.2) is 29.6 Å². The van der Waals surface area contributed by atoms with Gasteiger partial charge in [0.2, 0.25) is 0 Å². The van der Waals surface area contributed by atoms with Crippen molar-refractivity contribution in [2.45, 2.75) is 13.8 Å². The predicted molar refractivity (Wildman–Crippen MR) is 93.3 cm³/mol. The zero-order chi connectivity index (χ0) is 17.0. The zero-order valence-electron chi connectivity index (χ0n) is 14.5. The van der Waals surface area contributed by atoms with Gasteiger partial charge >= 0.3 is 0 Å². The summed E-state index contributed by atoms with van der Waals surface area (Å²) in [6.07, 6.45) is 3.53. The molecule has 0 spiro atoms. The van der Waals surface area contributed by atoms with E-state index in [0.29, 0.717) is 11.0 Å². The number of nitrogens with one attached hydrogen (secondary N) is 1. The van der Waals surface area contributed by atoms with Crippen LogP contribution in [-0.2, 0) is 4.79 Å². The van der Waals surface area contributed by atoms with Crippen molar-refractivity contribution < 1.29 is 21.7 Å². The molecular weight excluding hydrogens is 346 g/mol. The summed E-state index contributed by atoms with van der Waals surface area (Å²) in [6.45, 7) is 4.19. The Morgan fingerprint density at radius 2 is 2.08 bits per heavy atom. The molecule has 2 aromatic heterocycles. The molecule has 8 heteroatoms. The molecule has 0 aromatic carbocycles. The van der Waals surface area contributed by atoms with Crippen LogP contribution in [0.1, 0.15) is 17.5 Å². The minimum atomic E-state index is -0.105. The minimum absolute atomic E-state index is 0. The molecule has 0 fully saturated rings. The molecule has 0 saturated carbocycles. The summed E-state index contributed by atoms with van der Waals surface area (Å²) >= 11 is 1.55. The number of nitrogens with zero attached hydrogens (tertiary/aromatic N) is 4. The fraction of sp³-hybridized carbons (Fsp3) is 0.375. The SMILES string of the molecule is C/C(=N\NC(=O)C[N+](C)(C)C)c1sc(-c2cccnc2)nc1C.[Cl-]. The molecule has 24 heavy (non-hydrogen) atoms. The van der Waals surface area contributed by atoms with E-state index >= 15 is 0 Å². The maximum absolute atomic E-state index is 11.9. The Morgan fingerprint density at radius 3 is 2.67 bits per heavy atom. The van der Waals surface area contributed by atoms with Crippen LogP contribution < -0.4 is 17.8 Å². The van der Waals surface area contributed by atoms with E-state index in [1.54, 1.807) is 23.7 Å². The van der Waals surface area contributed by atoms with Gasteiger partial charge in [-0.3, -0.25) is 9.78 Å². The summed E-state index contributed by atoms with van der Waals surface area (Å²) in [5.41, 5.74) is 5.25. The van der Waals surface area contributed by atoms with E-state index < -0.39 is 0 Å². The van der Waals surface area contributed by atoms with Crippen LogP contribution in [0.3, 0.4) is 0 Å². The van der Waals surface area contributed by atoms with Crippen LogP contribution in [0.2, 0.25) is 0 Å². The summed E-state index contributed by atoms with van der Waals surface area (Å²) in [7, 11) is 5.89. The highest BCUT2D eigenvalue weighted by Crippen LogP contribution is 2.27. The standard InChI is InChI=1S/C16H21N5OS.ClH/c1-11-15(12(2)19-20-14(22)10-21(3,4)5)23-16(18-11)13-7-6-8-17-9-13;/h6-9H,10H2,1-5H3;1H/b19-12+;. The first-order chi connectivity index (χ1) is 10.8. The lowest BCUT2D eigenvalue weighted by Gasteiger charge is -2.22. The van der Waals surface area contributed by atoms with E-state index in [4.69, 9.17) is 0 Å². The molecule has 2 rings (SSSR count). The number of carbonyl (C=O) groups is 1. The Morgan fingerprint density at radius 1 is 1.38 bits per heavy atom. The van der Waals surface area contributed by atoms with Crippen molar-refractivity contribution in [3.05, 3.63) is 35.1 Å². The van der Waals surface area contributed by atoms with Crippen LogP contribution in [0.5, 0.6) is 0 Å². The number of carbonyl (C=O) groups excluding carboxylic acids is 1. The number of thiazole rings is 1. The van der Waals surface area contributed by atoms with E-state index in [1.165, 1.54) is 0 Å². The van der Waals surface area contributed by atoms with Gasteiger partial charge in [-0.25, -0.2) is 10.4 Å². The molecule has 0 aliphatic heterocycles. The van der Waals surface area contributed by atoms with Gasteiger partial charge in [-0.05, 0) is 26.0 Å². The zero-order valence-corrected chi connectivity index (χ0v) is 16.1. The van der Waals surface area contributed by atoms with Gasteiger partial charge in [0.05, 0.1) is 37.4 Å². The second-order valence-electron chi connectivity index (χ2n) is 6.36. The van der Waals surface area contributed by atoms with E-state index in [-0.39, 0.29) is 18.3 Å². The lowest BCUT2D eigenvalue weighted by atomic mass is 10.3. The molecule has 6 nitrogen and oxygen atoms in total. The highest BCUT2D eigenvalue weighted by Gasteiger charge is 2.15. The summed E-state index contributed by atoms with van der Waals surface area (Å²) in [5.74, 6) is -0.105. The number of pyridine rings is 1. The molecule has 0 radical (unpaired) electrons. The summed E-state index contributed by atoms with van der Waals surface area (Å²) < 4.78 is 0.561. The number of amides is 1. The summed E-state index contributed by atoms with van der Waals surface area (Å²) in [4.78, 5) is 21.5. The van der Waals surface area contributed by atoms with Gasteiger partial charge in [-0.2, -0.15) is 5.10 Å². The van der Waals surface area contributed by atoms with Crippen molar-refractivity contribution >= 4 is 23.0 Å². The smallest absolute Gasteiger partial charge is 0.295 e. The lowest BCUT2D eigenvalue weighted by Crippen LogP contribution is -3.00. The molecule has 130 valence electrons. The van der Waals surface area contributed by atoms with Crippen molar-refractivity contribution in [2.24, 2.45) is 5.10 Å². The molecule has 2 aromatic rings. The van der Waals surface area contributed by atoms with Crippen molar-refractivity contribution in [2.75, 3.05) is 27.7 Å². The maximum atomic E-state index is 11.9. The van der Waals surface area contributed by atoms with Gasteiger partial charge < -0.3 is 16.9 Å². The van der Waals surface area contributed by atoms with Gasteiger partial charge in [-0.1, -0.05) is 0 Å². The van der Waals surface area contributed by atoms with Crippen molar-refractivity contribution in [3.63, 3.8) is 0 Å². The number of aryl methyl sites for hydroxylation is 1. The van der Waals surface area contributed by atoms with Crippen molar-refractivity contribution in [1.82, 2.24) is 15.4 Å². The fourth-order valence-electron chi connectivity index (χ4n) is 2.01. The van der Waals surface area contributed by atoms with Crippen LogP contribution in [0, 0.1) is 6.92 Å². The van der Waals surface area contributed by atoms with Crippen LogP contribution in [0.4, 0.5) is 0 Å². The second-order valence-corrected chi connectivity index (χ2v) is 7.35. The number of aromatic nitrogens is 2. The number of hydrazone groups is 1. The van der Waals surface area contributed by atoms with Crippen LogP contribution in [-0.4, -0.2) is 53.8 Å². The molecule has 0 aliphatic rings. The van der Waals surface area contributed by atoms with Crippen LogP contribution in [0.25, 0.3) is 10.6 Å². The maximum Gasteiger partial charge on any atom is 0.295 e. The Kier molecular flexibility index (Phi) is 7.01. The Labute approximate surface area is 152 Å².